The number of carbonyl (C=O) groups is 1. The molecule has 2 rings (SSSR count). The molecule has 0 aromatic heterocycles. The number of ketones is 1. The van der Waals surface area contributed by atoms with Gasteiger partial charge in [-0.15, -0.1) is 0 Å². The number of carbonyl (C=O) groups excluding carboxylic acids is 1. The summed E-state index contributed by atoms with van der Waals surface area (Å²) >= 11 is 2.03. The van der Waals surface area contributed by atoms with E-state index in [2.05, 4.69) is 4.90 Å². The second-order valence-electron chi connectivity index (χ2n) is 4.80. The van der Waals surface area contributed by atoms with E-state index in [1.807, 2.05) is 43.0 Å². The Labute approximate surface area is 114 Å². The maximum atomic E-state index is 12.2. The van der Waals surface area contributed by atoms with Crippen LogP contribution >= 0.6 is 11.8 Å². The fourth-order valence-corrected chi connectivity index (χ4v) is 3.23. The molecule has 1 heterocycles. The molecule has 3 heteroatoms. The summed E-state index contributed by atoms with van der Waals surface area (Å²) in [5, 5.41) is 0. The Morgan fingerprint density at radius 3 is 2.94 bits per heavy atom. The number of Topliss-reactive ketones (excluding diaryl/α,β-unsaturated/α-hetero) is 1. The van der Waals surface area contributed by atoms with Gasteiger partial charge in [0.25, 0.3) is 0 Å². The fourth-order valence-electron chi connectivity index (χ4n) is 2.30. The molecular formula is C15H21NOS. The Kier molecular flexibility index (Phi) is 5.26. The summed E-state index contributed by atoms with van der Waals surface area (Å²) in [7, 11) is 0. The van der Waals surface area contributed by atoms with E-state index in [9.17, 15) is 4.79 Å². The van der Waals surface area contributed by atoms with Crippen LogP contribution in [0.25, 0.3) is 0 Å². The minimum Gasteiger partial charge on any atom is -0.302 e. The molecule has 0 unspecified atom stereocenters. The first-order valence-corrected chi connectivity index (χ1v) is 7.82. The van der Waals surface area contributed by atoms with E-state index in [-0.39, 0.29) is 5.78 Å². The quantitative estimate of drug-likeness (QED) is 0.779. The minimum atomic E-state index is 0.282. The van der Waals surface area contributed by atoms with Gasteiger partial charge in [0.2, 0.25) is 0 Å². The van der Waals surface area contributed by atoms with Gasteiger partial charge in [-0.3, -0.25) is 4.79 Å². The van der Waals surface area contributed by atoms with Crippen molar-refractivity contribution in [1.29, 1.82) is 0 Å². The van der Waals surface area contributed by atoms with Crippen LogP contribution < -0.4 is 0 Å². The molecular weight excluding hydrogens is 242 g/mol. The molecule has 98 valence electrons. The number of hydrogen-bond donors (Lipinski definition) is 0. The van der Waals surface area contributed by atoms with Crippen molar-refractivity contribution in [2.45, 2.75) is 19.8 Å². The highest BCUT2D eigenvalue weighted by atomic mass is 32.2. The molecule has 0 amide bonds. The predicted octanol–water partition coefficient (Wildman–Crippen LogP) is 3.01. The molecule has 0 spiro atoms. The van der Waals surface area contributed by atoms with Gasteiger partial charge in [0.15, 0.2) is 5.78 Å². The van der Waals surface area contributed by atoms with Crippen LogP contribution in [0.2, 0.25) is 0 Å². The van der Waals surface area contributed by atoms with Crippen molar-refractivity contribution in [3.8, 4) is 0 Å². The van der Waals surface area contributed by atoms with Crippen molar-refractivity contribution in [1.82, 2.24) is 4.90 Å². The summed E-state index contributed by atoms with van der Waals surface area (Å²) in [6.07, 6.45) is 1.90. The summed E-state index contributed by atoms with van der Waals surface area (Å²) in [6, 6.07) is 7.88. The molecule has 2 nitrogen and oxygen atoms in total. The third kappa shape index (κ3) is 3.85. The molecule has 1 saturated heterocycles. The van der Waals surface area contributed by atoms with Gasteiger partial charge in [-0.2, -0.15) is 11.8 Å². The van der Waals surface area contributed by atoms with Crippen LogP contribution in [-0.4, -0.2) is 41.8 Å². The van der Waals surface area contributed by atoms with E-state index in [4.69, 9.17) is 0 Å². The first kappa shape index (κ1) is 13.6. The molecule has 0 saturated carbocycles. The average molecular weight is 263 g/mol. The van der Waals surface area contributed by atoms with Crippen LogP contribution in [0.3, 0.4) is 0 Å². The van der Waals surface area contributed by atoms with Crippen molar-refractivity contribution in [3.05, 3.63) is 35.4 Å². The Morgan fingerprint density at radius 1 is 1.28 bits per heavy atom. The van der Waals surface area contributed by atoms with Crippen LogP contribution in [0.5, 0.6) is 0 Å². The molecule has 1 fully saturated rings. The highest BCUT2D eigenvalue weighted by Crippen LogP contribution is 2.13. The fraction of sp³-hybridized carbons (Fsp3) is 0.533. The lowest BCUT2D eigenvalue weighted by Gasteiger charge is -2.18. The average Bonchev–Trinajstić information content (AvgIpc) is 2.65. The second kappa shape index (κ2) is 6.95. The van der Waals surface area contributed by atoms with E-state index < -0.39 is 0 Å². The molecule has 1 aliphatic heterocycles. The summed E-state index contributed by atoms with van der Waals surface area (Å²) < 4.78 is 0. The van der Waals surface area contributed by atoms with Crippen LogP contribution in [0.15, 0.2) is 24.3 Å². The normalized spacial score (nSPS) is 17.4. The van der Waals surface area contributed by atoms with Crippen molar-refractivity contribution >= 4 is 17.5 Å². The first-order chi connectivity index (χ1) is 8.77. The lowest BCUT2D eigenvalue weighted by molar-refractivity contribution is 0.0965. The van der Waals surface area contributed by atoms with Crippen LogP contribution in [0, 0.1) is 6.92 Å². The van der Waals surface area contributed by atoms with Gasteiger partial charge in [-0.05, 0) is 31.2 Å². The zero-order valence-corrected chi connectivity index (χ0v) is 11.8. The molecule has 1 aliphatic rings. The molecule has 0 bridgehead atoms. The summed E-state index contributed by atoms with van der Waals surface area (Å²) in [5.41, 5.74) is 1.98. The number of aryl methyl sites for hydroxylation is 1. The van der Waals surface area contributed by atoms with Gasteiger partial charge in [-0.25, -0.2) is 0 Å². The van der Waals surface area contributed by atoms with Crippen molar-refractivity contribution in [3.63, 3.8) is 0 Å². The van der Waals surface area contributed by atoms with Gasteiger partial charge < -0.3 is 4.90 Å². The summed E-state index contributed by atoms with van der Waals surface area (Å²) in [4.78, 5) is 14.6. The lowest BCUT2D eigenvalue weighted by Crippen LogP contribution is -2.28. The Bertz CT molecular complexity index is 397. The second-order valence-corrected chi connectivity index (χ2v) is 6.02. The van der Waals surface area contributed by atoms with Gasteiger partial charge in [0, 0.05) is 30.8 Å². The van der Waals surface area contributed by atoms with Crippen molar-refractivity contribution < 1.29 is 4.79 Å². The van der Waals surface area contributed by atoms with E-state index >= 15 is 0 Å². The number of benzene rings is 1. The van der Waals surface area contributed by atoms with Gasteiger partial charge in [0.1, 0.15) is 0 Å². The molecule has 18 heavy (non-hydrogen) atoms. The number of thioether (sulfide) groups is 1. The van der Waals surface area contributed by atoms with Gasteiger partial charge >= 0.3 is 0 Å². The van der Waals surface area contributed by atoms with Crippen LogP contribution in [0.1, 0.15) is 28.8 Å². The number of nitrogens with zero attached hydrogens (tertiary/aromatic N) is 1. The minimum absolute atomic E-state index is 0.282. The summed E-state index contributed by atoms with van der Waals surface area (Å²) in [5.74, 6) is 2.76. The van der Waals surface area contributed by atoms with E-state index in [0.717, 1.165) is 30.8 Å². The Hall–Kier alpha value is -0.800. The largest absolute Gasteiger partial charge is 0.302 e. The van der Waals surface area contributed by atoms with Crippen LogP contribution in [0.4, 0.5) is 0 Å². The molecule has 0 N–H and O–H groups in total. The first-order valence-electron chi connectivity index (χ1n) is 6.66. The number of rotatable bonds is 4. The van der Waals surface area contributed by atoms with Crippen molar-refractivity contribution in [2.75, 3.05) is 31.1 Å². The molecule has 0 aliphatic carbocycles. The molecule has 0 atom stereocenters. The summed E-state index contributed by atoms with van der Waals surface area (Å²) in [6.45, 7) is 5.20. The molecule has 0 radical (unpaired) electrons. The SMILES string of the molecule is Cc1ccccc1C(=O)CCN1CCCSCC1. The van der Waals surface area contributed by atoms with E-state index in [0.29, 0.717) is 6.42 Å². The number of hydrogen-bond acceptors (Lipinski definition) is 3. The maximum Gasteiger partial charge on any atom is 0.164 e. The smallest absolute Gasteiger partial charge is 0.164 e. The zero-order chi connectivity index (χ0) is 12.8. The monoisotopic (exact) mass is 263 g/mol. The van der Waals surface area contributed by atoms with E-state index in [1.165, 1.54) is 17.9 Å². The van der Waals surface area contributed by atoms with Gasteiger partial charge in [0.05, 0.1) is 0 Å². The van der Waals surface area contributed by atoms with Gasteiger partial charge in [-0.1, -0.05) is 24.3 Å². The third-order valence-electron chi connectivity index (χ3n) is 3.42. The third-order valence-corrected chi connectivity index (χ3v) is 4.46. The maximum absolute atomic E-state index is 12.2. The topological polar surface area (TPSA) is 20.3 Å². The predicted molar refractivity (Wildman–Crippen MR) is 78.5 cm³/mol. The standard InChI is InChI=1S/C15H21NOS/c1-13-5-2-3-6-14(13)15(17)7-9-16-8-4-11-18-12-10-16/h2-3,5-6H,4,7-12H2,1H3. The highest BCUT2D eigenvalue weighted by molar-refractivity contribution is 7.99. The van der Waals surface area contributed by atoms with E-state index in [1.54, 1.807) is 0 Å². The lowest BCUT2D eigenvalue weighted by atomic mass is 10.0. The Morgan fingerprint density at radius 2 is 2.11 bits per heavy atom. The Balaban J connectivity index is 1.86. The van der Waals surface area contributed by atoms with Crippen LogP contribution in [-0.2, 0) is 0 Å². The van der Waals surface area contributed by atoms with Crippen molar-refractivity contribution in [2.24, 2.45) is 0 Å². The molecule has 1 aromatic carbocycles. The zero-order valence-electron chi connectivity index (χ0n) is 11.0. The molecule has 1 aromatic rings. The highest BCUT2D eigenvalue weighted by Gasteiger charge is 2.13.